The molecule has 2 rings (SSSR count). The van der Waals surface area contributed by atoms with E-state index in [0.29, 0.717) is 6.54 Å². The second-order valence-corrected chi connectivity index (χ2v) is 3.64. The molecule has 0 aliphatic heterocycles. The zero-order valence-electron chi connectivity index (χ0n) is 8.69. The number of nitrogens with two attached hydrogens (primary N) is 1. The highest BCUT2D eigenvalue weighted by atomic mass is 14.5. The molecule has 0 aliphatic carbocycles. The van der Waals surface area contributed by atoms with Gasteiger partial charge in [-0.1, -0.05) is 54.6 Å². The number of hydrogen-bond acceptors (Lipinski definition) is 1. The van der Waals surface area contributed by atoms with Crippen LogP contribution < -0.4 is 5.73 Å². The quantitative estimate of drug-likeness (QED) is 0.804. The van der Waals surface area contributed by atoms with Gasteiger partial charge in [0.2, 0.25) is 0 Å². The van der Waals surface area contributed by atoms with Crippen LogP contribution in [0.4, 0.5) is 0 Å². The molecule has 2 N–H and O–H groups in total. The highest BCUT2D eigenvalue weighted by Gasteiger charge is 2.00. The van der Waals surface area contributed by atoms with Crippen LogP contribution in [0.2, 0.25) is 0 Å². The number of hydrogen-bond donors (Lipinski definition) is 1. The normalized spacial score (nSPS) is 10.2. The summed E-state index contributed by atoms with van der Waals surface area (Å²) in [5, 5.41) is 0. The third kappa shape index (κ3) is 2.45. The lowest BCUT2D eigenvalue weighted by Gasteiger charge is -2.07. The van der Waals surface area contributed by atoms with Crippen LogP contribution in [0.15, 0.2) is 54.6 Å². The van der Waals surface area contributed by atoms with Gasteiger partial charge in [0, 0.05) is 6.54 Å². The van der Waals surface area contributed by atoms with Crippen molar-refractivity contribution in [3.05, 3.63) is 71.3 Å². The summed E-state index contributed by atoms with van der Waals surface area (Å²) in [5.74, 6) is 0. The van der Waals surface area contributed by atoms with Gasteiger partial charge < -0.3 is 5.73 Å². The molecule has 0 aromatic heterocycles. The van der Waals surface area contributed by atoms with Crippen molar-refractivity contribution in [1.82, 2.24) is 0 Å². The summed E-state index contributed by atoms with van der Waals surface area (Å²) in [6.07, 6.45) is 0.966. The van der Waals surface area contributed by atoms with Gasteiger partial charge in [-0.2, -0.15) is 0 Å². The van der Waals surface area contributed by atoms with Gasteiger partial charge >= 0.3 is 0 Å². The minimum absolute atomic E-state index is 0.614. The summed E-state index contributed by atoms with van der Waals surface area (Å²) in [4.78, 5) is 0. The molecule has 1 nitrogen and oxygen atoms in total. The van der Waals surface area contributed by atoms with E-state index in [0.717, 1.165) is 6.42 Å². The highest BCUT2D eigenvalue weighted by Crippen LogP contribution is 2.13. The molecule has 2 aromatic rings. The van der Waals surface area contributed by atoms with Gasteiger partial charge in [0.15, 0.2) is 0 Å². The molecular formula is C14H15N. The number of rotatable bonds is 3. The second-order valence-electron chi connectivity index (χ2n) is 3.64. The minimum Gasteiger partial charge on any atom is -0.326 e. The maximum atomic E-state index is 5.70. The Kier molecular flexibility index (Phi) is 3.15. The van der Waals surface area contributed by atoms with Gasteiger partial charge in [-0.15, -0.1) is 0 Å². The highest BCUT2D eigenvalue weighted by molar-refractivity contribution is 5.32. The van der Waals surface area contributed by atoms with Crippen LogP contribution in [0.25, 0.3) is 0 Å². The fourth-order valence-electron chi connectivity index (χ4n) is 1.74. The van der Waals surface area contributed by atoms with Crippen LogP contribution in [0.3, 0.4) is 0 Å². The zero-order valence-corrected chi connectivity index (χ0v) is 8.69. The molecule has 1 heteroatoms. The summed E-state index contributed by atoms with van der Waals surface area (Å²) in [6.45, 7) is 0.614. The predicted octanol–water partition coefficient (Wildman–Crippen LogP) is 2.74. The molecule has 0 radical (unpaired) electrons. The number of benzene rings is 2. The van der Waals surface area contributed by atoms with Crippen molar-refractivity contribution >= 4 is 0 Å². The summed E-state index contributed by atoms with van der Waals surface area (Å²) >= 11 is 0. The lowest BCUT2D eigenvalue weighted by molar-refractivity contribution is 1.02. The fraction of sp³-hybridized carbons (Fsp3) is 0.143. The third-order valence-electron chi connectivity index (χ3n) is 2.58. The first-order valence-corrected chi connectivity index (χ1v) is 5.21. The maximum Gasteiger partial charge on any atom is 0.0180 e. The largest absolute Gasteiger partial charge is 0.326 e. The predicted molar refractivity (Wildman–Crippen MR) is 63.6 cm³/mol. The molecule has 15 heavy (non-hydrogen) atoms. The van der Waals surface area contributed by atoms with Crippen molar-refractivity contribution in [3.63, 3.8) is 0 Å². The second kappa shape index (κ2) is 4.76. The lowest BCUT2D eigenvalue weighted by atomic mass is 10.00. The Morgan fingerprint density at radius 1 is 0.733 bits per heavy atom. The molecule has 0 heterocycles. The first kappa shape index (κ1) is 9.94. The van der Waals surface area contributed by atoms with Crippen LogP contribution in [0.1, 0.15) is 16.7 Å². The monoisotopic (exact) mass is 197 g/mol. The van der Waals surface area contributed by atoms with Gasteiger partial charge in [-0.05, 0) is 23.1 Å². The van der Waals surface area contributed by atoms with Crippen LogP contribution in [0, 0.1) is 0 Å². The average molecular weight is 197 g/mol. The molecule has 0 saturated carbocycles. The van der Waals surface area contributed by atoms with E-state index in [1.165, 1.54) is 16.7 Å². The summed E-state index contributed by atoms with van der Waals surface area (Å²) in [5.41, 5.74) is 9.60. The molecule has 0 atom stereocenters. The van der Waals surface area contributed by atoms with Crippen LogP contribution in [-0.4, -0.2) is 0 Å². The SMILES string of the molecule is NCc1ccccc1Cc1ccccc1. The molecule has 2 aromatic carbocycles. The van der Waals surface area contributed by atoms with Crippen LogP contribution in [-0.2, 0) is 13.0 Å². The van der Waals surface area contributed by atoms with E-state index in [9.17, 15) is 0 Å². The molecule has 76 valence electrons. The lowest BCUT2D eigenvalue weighted by Crippen LogP contribution is -2.01. The molecule has 0 fully saturated rings. The van der Waals surface area contributed by atoms with E-state index < -0.39 is 0 Å². The van der Waals surface area contributed by atoms with Crippen molar-refractivity contribution in [2.75, 3.05) is 0 Å². The van der Waals surface area contributed by atoms with E-state index in [1.54, 1.807) is 0 Å². The van der Waals surface area contributed by atoms with E-state index in [2.05, 4.69) is 42.5 Å². The minimum atomic E-state index is 0.614. The van der Waals surface area contributed by atoms with Gasteiger partial charge in [-0.25, -0.2) is 0 Å². The molecule has 0 bridgehead atoms. The Labute approximate surface area is 90.6 Å². The first-order chi connectivity index (χ1) is 7.40. The van der Waals surface area contributed by atoms with Gasteiger partial charge in [0.05, 0.1) is 0 Å². The Morgan fingerprint density at radius 3 is 2.00 bits per heavy atom. The molecular weight excluding hydrogens is 182 g/mol. The topological polar surface area (TPSA) is 26.0 Å². The van der Waals surface area contributed by atoms with E-state index in [4.69, 9.17) is 5.73 Å². The van der Waals surface area contributed by atoms with Gasteiger partial charge in [0.1, 0.15) is 0 Å². The molecule has 0 spiro atoms. The average Bonchev–Trinajstić information content (AvgIpc) is 2.31. The standard InChI is InChI=1S/C14H15N/c15-11-14-9-5-4-8-13(14)10-12-6-2-1-3-7-12/h1-9H,10-11,15H2. The van der Waals surface area contributed by atoms with Crippen molar-refractivity contribution in [2.45, 2.75) is 13.0 Å². The van der Waals surface area contributed by atoms with E-state index in [-0.39, 0.29) is 0 Å². The molecule has 0 amide bonds. The third-order valence-corrected chi connectivity index (χ3v) is 2.58. The van der Waals surface area contributed by atoms with Crippen LogP contribution >= 0.6 is 0 Å². The van der Waals surface area contributed by atoms with E-state index >= 15 is 0 Å². The van der Waals surface area contributed by atoms with Crippen molar-refractivity contribution in [1.29, 1.82) is 0 Å². The van der Waals surface area contributed by atoms with Crippen molar-refractivity contribution in [2.24, 2.45) is 5.73 Å². The first-order valence-electron chi connectivity index (χ1n) is 5.21. The summed E-state index contributed by atoms with van der Waals surface area (Å²) in [6, 6.07) is 18.8. The van der Waals surface area contributed by atoms with Gasteiger partial charge in [-0.3, -0.25) is 0 Å². The van der Waals surface area contributed by atoms with Gasteiger partial charge in [0.25, 0.3) is 0 Å². The van der Waals surface area contributed by atoms with Crippen molar-refractivity contribution < 1.29 is 0 Å². The smallest absolute Gasteiger partial charge is 0.0180 e. The Morgan fingerprint density at radius 2 is 1.33 bits per heavy atom. The summed E-state index contributed by atoms with van der Waals surface area (Å²) in [7, 11) is 0. The molecule has 0 unspecified atom stereocenters. The van der Waals surface area contributed by atoms with E-state index in [1.807, 2.05) is 12.1 Å². The Bertz CT molecular complexity index is 420. The maximum absolute atomic E-state index is 5.70. The fourth-order valence-corrected chi connectivity index (χ4v) is 1.74. The summed E-state index contributed by atoms with van der Waals surface area (Å²) < 4.78 is 0. The molecule has 0 saturated heterocycles. The van der Waals surface area contributed by atoms with Crippen molar-refractivity contribution in [3.8, 4) is 0 Å². The van der Waals surface area contributed by atoms with Crippen LogP contribution in [0.5, 0.6) is 0 Å². The Balaban J connectivity index is 2.24. The molecule has 0 aliphatic rings. The Hall–Kier alpha value is -1.60. The zero-order chi connectivity index (χ0) is 10.5.